The molecule has 6 heteroatoms. The Morgan fingerprint density at radius 3 is 2.38 bits per heavy atom. The molecule has 21 heavy (non-hydrogen) atoms. The zero-order chi connectivity index (χ0) is 15.8. The van der Waals surface area contributed by atoms with Crippen LogP contribution in [0.5, 0.6) is 0 Å². The highest BCUT2D eigenvalue weighted by Gasteiger charge is 2.22. The van der Waals surface area contributed by atoms with Gasteiger partial charge in [0.2, 0.25) is 0 Å². The summed E-state index contributed by atoms with van der Waals surface area (Å²) in [6, 6.07) is 7.49. The maximum absolute atomic E-state index is 12.5. The number of sulfonamides is 1. The molecule has 2 rings (SSSR count). The molecule has 0 amide bonds. The lowest BCUT2D eigenvalue weighted by Gasteiger charge is -2.16. The molecule has 0 fully saturated rings. The second-order valence-corrected chi connectivity index (χ2v) is 9.54. The van der Waals surface area contributed by atoms with Gasteiger partial charge in [0, 0.05) is 6.04 Å². The van der Waals surface area contributed by atoms with E-state index in [1.165, 1.54) is 11.3 Å². The van der Waals surface area contributed by atoms with Crippen LogP contribution in [0.2, 0.25) is 0 Å². The van der Waals surface area contributed by atoms with Crippen LogP contribution in [-0.2, 0) is 10.0 Å². The highest BCUT2D eigenvalue weighted by atomic mass is 79.9. The van der Waals surface area contributed by atoms with Crippen molar-refractivity contribution < 1.29 is 8.42 Å². The van der Waals surface area contributed by atoms with Crippen molar-refractivity contribution in [1.82, 2.24) is 4.72 Å². The Bertz CT molecular complexity index is 746. The van der Waals surface area contributed by atoms with E-state index in [9.17, 15) is 8.42 Å². The van der Waals surface area contributed by atoms with Gasteiger partial charge in [0.05, 0.1) is 3.79 Å². The lowest BCUT2D eigenvalue weighted by atomic mass is 10.0. The zero-order valence-corrected chi connectivity index (χ0v) is 15.6. The molecule has 1 unspecified atom stereocenters. The molecule has 3 nitrogen and oxygen atoms in total. The second kappa shape index (κ2) is 6.20. The van der Waals surface area contributed by atoms with Crippen molar-refractivity contribution in [3.8, 4) is 0 Å². The van der Waals surface area contributed by atoms with Crippen LogP contribution in [-0.4, -0.2) is 8.42 Å². The number of nitrogens with one attached hydrogen (secondary N) is 1. The van der Waals surface area contributed by atoms with Gasteiger partial charge >= 0.3 is 0 Å². The van der Waals surface area contributed by atoms with Crippen molar-refractivity contribution >= 4 is 37.3 Å². The molecule has 2 aromatic rings. The number of thiophene rings is 1. The third-order valence-electron chi connectivity index (χ3n) is 3.33. The standard InChI is InChI=1S/C15H18BrNO2S2/c1-9-5-6-10(2)13(7-9)12(4)17-21(18,19)14-8-11(3)15(16)20-14/h5-8,12,17H,1-4H3. The molecule has 0 saturated heterocycles. The maximum atomic E-state index is 12.5. The number of hydrogen-bond donors (Lipinski definition) is 1. The van der Waals surface area contributed by atoms with Crippen molar-refractivity contribution in [3.63, 3.8) is 0 Å². The number of benzene rings is 1. The van der Waals surface area contributed by atoms with Crippen LogP contribution in [0, 0.1) is 20.8 Å². The van der Waals surface area contributed by atoms with Crippen molar-refractivity contribution in [1.29, 1.82) is 0 Å². The van der Waals surface area contributed by atoms with Crippen LogP contribution in [0.3, 0.4) is 0 Å². The molecule has 114 valence electrons. The molecule has 1 N–H and O–H groups in total. The van der Waals surface area contributed by atoms with Gasteiger partial charge in [-0.05, 0) is 66.4 Å². The Hall–Kier alpha value is -0.690. The Balaban J connectivity index is 2.29. The van der Waals surface area contributed by atoms with Gasteiger partial charge in [0.25, 0.3) is 10.0 Å². The third-order valence-corrected chi connectivity index (χ3v) is 7.48. The van der Waals surface area contributed by atoms with Crippen LogP contribution < -0.4 is 4.72 Å². The van der Waals surface area contributed by atoms with Crippen LogP contribution >= 0.6 is 27.3 Å². The minimum Gasteiger partial charge on any atom is -0.206 e. The fraction of sp³-hybridized carbons (Fsp3) is 0.333. The lowest BCUT2D eigenvalue weighted by Crippen LogP contribution is -2.26. The van der Waals surface area contributed by atoms with E-state index in [2.05, 4.69) is 20.7 Å². The summed E-state index contributed by atoms with van der Waals surface area (Å²) in [5.41, 5.74) is 4.14. The molecular formula is C15H18BrNO2S2. The van der Waals surface area contributed by atoms with Crippen LogP contribution in [0.1, 0.15) is 35.2 Å². The monoisotopic (exact) mass is 387 g/mol. The Kier molecular flexibility index (Phi) is 4.92. The first-order chi connectivity index (χ1) is 9.70. The third kappa shape index (κ3) is 3.74. The van der Waals surface area contributed by atoms with Gasteiger partial charge in [-0.15, -0.1) is 11.3 Å². The average molecular weight is 388 g/mol. The molecule has 0 saturated carbocycles. The Morgan fingerprint density at radius 2 is 1.81 bits per heavy atom. The molecule has 1 heterocycles. The molecule has 0 bridgehead atoms. The van der Waals surface area contributed by atoms with Gasteiger partial charge < -0.3 is 0 Å². The summed E-state index contributed by atoms with van der Waals surface area (Å²) in [6.07, 6.45) is 0. The first kappa shape index (κ1) is 16.7. The predicted octanol–water partition coefficient (Wildman–Crippen LogP) is 4.48. The van der Waals surface area contributed by atoms with E-state index < -0.39 is 10.0 Å². The van der Waals surface area contributed by atoms with Crippen molar-refractivity contribution in [2.75, 3.05) is 0 Å². The largest absolute Gasteiger partial charge is 0.250 e. The normalized spacial score (nSPS) is 13.4. The van der Waals surface area contributed by atoms with Crippen molar-refractivity contribution in [3.05, 3.63) is 50.3 Å². The van der Waals surface area contributed by atoms with Gasteiger partial charge in [-0.2, -0.15) is 0 Å². The van der Waals surface area contributed by atoms with E-state index in [4.69, 9.17) is 0 Å². The topological polar surface area (TPSA) is 46.2 Å². The van der Waals surface area contributed by atoms with Crippen LogP contribution in [0.25, 0.3) is 0 Å². The first-order valence-corrected chi connectivity index (χ1v) is 9.65. The highest BCUT2D eigenvalue weighted by Crippen LogP contribution is 2.31. The molecule has 1 atom stereocenters. The molecule has 0 aliphatic heterocycles. The number of rotatable bonds is 4. The average Bonchev–Trinajstić information content (AvgIpc) is 2.73. The van der Waals surface area contributed by atoms with Gasteiger partial charge in [0.1, 0.15) is 4.21 Å². The molecular weight excluding hydrogens is 370 g/mol. The SMILES string of the molecule is Cc1ccc(C)c(C(C)NS(=O)(=O)c2cc(C)c(Br)s2)c1. The van der Waals surface area contributed by atoms with Crippen LogP contribution in [0.15, 0.2) is 32.3 Å². The van der Waals surface area contributed by atoms with E-state index >= 15 is 0 Å². The Morgan fingerprint density at radius 1 is 1.14 bits per heavy atom. The van der Waals surface area contributed by atoms with E-state index in [1.54, 1.807) is 6.07 Å². The molecule has 1 aromatic carbocycles. The highest BCUT2D eigenvalue weighted by molar-refractivity contribution is 9.11. The molecule has 0 spiro atoms. The van der Waals surface area contributed by atoms with E-state index in [0.717, 1.165) is 26.0 Å². The van der Waals surface area contributed by atoms with Crippen molar-refractivity contribution in [2.24, 2.45) is 0 Å². The fourth-order valence-corrected chi connectivity index (χ4v) is 5.61. The second-order valence-electron chi connectivity index (χ2n) is 5.23. The smallest absolute Gasteiger partial charge is 0.206 e. The van der Waals surface area contributed by atoms with E-state index in [-0.39, 0.29) is 6.04 Å². The zero-order valence-electron chi connectivity index (χ0n) is 12.4. The number of halogens is 1. The quantitative estimate of drug-likeness (QED) is 0.840. The summed E-state index contributed by atoms with van der Waals surface area (Å²) in [5, 5.41) is 0. The number of aryl methyl sites for hydroxylation is 3. The molecule has 1 aromatic heterocycles. The summed E-state index contributed by atoms with van der Waals surface area (Å²) in [7, 11) is -3.50. The lowest BCUT2D eigenvalue weighted by molar-refractivity contribution is 0.568. The summed E-state index contributed by atoms with van der Waals surface area (Å²) < 4.78 is 28.9. The summed E-state index contributed by atoms with van der Waals surface area (Å²) in [6.45, 7) is 7.75. The van der Waals surface area contributed by atoms with Gasteiger partial charge in [0.15, 0.2) is 0 Å². The van der Waals surface area contributed by atoms with E-state index in [0.29, 0.717) is 4.21 Å². The maximum Gasteiger partial charge on any atom is 0.250 e. The Labute approximate surface area is 138 Å². The summed E-state index contributed by atoms with van der Waals surface area (Å²) >= 11 is 4.60. The fourth-order valence-electron chi connectivity index (χ4n) is 2.14. The summed E-state index contributed by atoms with van der Waals surface area (Å²) in [4.78, 5) is 0. The van der Waals surface area contributed by atoms with E-state index in [1.807, 2.05) is 45.9 Å². The minimum atomic E-state index is -3.50. The predicted molar refractivity (Wildman–Crippen MR) is 91.4 cm³/mol. The summed E-state index contributed by atoms with van der Waals surface area (Å²) in [5.74, 6) is 0. The first-order valence-electron chi connectivity index (χ1n) is 6.56. The van der Waals surface area contributed by atoms with Crippen molar-refractivity contribution in [2.45, 2.75) is 37.9 Å². The molecule has 0 aliphatic carbocycles. The molecule has 0 radical (unpaired) electrons. The molecule has 0 aliphatic rings. The van der Waals surface area contributed by atoms with Gasteiger partial charge in [-0.1, -0.05) is 23.8 Å². The van der Waals surface area contributed by atoms with Gasteiger partial charge in [-0.25, -0.2) is 13.1 Å². The van der Waals surface area contributed by atoms with Gasteiger partial charge in [-0.3, -0.25) is 0 Å². The van der Waals surface area contributed by atoms with Crippen LogP contribution in [0.4, 0.5) is 0 Å². The minimum absolute atomic E-state index is 0.268. The number of hydrogen-bond acceptors (Lipinski definition) is 3.